The van der Waals surface area contributed by atoms with Crippen LogP contribution in [0.15, 0.2) is 0 Å². The number of hydrogen-bond donors (Lipinski definition) is 0. The molecule has 1 aliphatic rings. The van der Waals surface area contributed by atoms with Crippen LogP contribution in [0.1, 0.15) is 51.9 Å². The van der Waals surface area contributed by atoms with Gasteiger partial charge in [-0.25, -0.2) is 0 Å². The van der Waals surface area contributed by atoms with E-state index in [1.54, 1.807) is 0 Å². The average Bonchev–Trinajstić information content (AvgIpc) is 2.07. The van der Waals surface area contributed by atoms with Crippen molar-refractivity contribution in [1.29, 1.82) is 0 Å². The molecule has 0 spiro atoms. The Labute approximate surface area is 71.4 Å². The second-order valence-corrected chi connectivity index (χ2v) is 4.02. The van der Waals surface area contributed by atoms with Crippen LogP contribution in [-0.4, -0.2) is 0 Å². The van der Waals surface area contributed by atoms with E-state index < -0.39 is 0 Å². The summed E-state index contributed by atoms with van der Waals surface area (Å²) in [5.74, 6) is 1.97. The van der Waals surface area contributed by atoms with E-state index in [0.29, 0.717) is 0 Å². The van der Waals surface area contributed by atoms with Gasteiger partial charge in [-0.15, -0.1) is 0 Å². The molecule has 1 fully saturated rings. The maximum Gasteiger partial charge on any atom is -0.0388 e. The Balaban J connectivity index is 2.21. The van der Waals surface area contributed by atoms with E-state index in [1.165, 1.54) is 38.5 Å². The van der Waals surface area contributed by atoms with Crippen molar-refractivity contribution in [3.8, 4) is 0 Å². The summed E-state index contributed by atoms with van der Waals surface area (Å²) in [6.07, 6.45) is 9.87. The molecule has 0 N–H and O–H groups in total. The molecule has 11 heavy (non-hydrogen) atoms. The van der Waals surface area contributed by atoms with Crippen molar-refractivity contribution in [3.63, 3.8) is 0 Å². The average molecular weight is 153 g/mol. The fourth-order valence-electron chi connectivity index (χ4n) is 2.26. The molecule has 0 aromatic carbocycles. The quantitative estimate of drug-likeness (QED) is 0.578. The second kappa shape index (κ2) is 4.79. The van der Waals surface area contributed by atoms with Crippen LogP contribution >= 0.6 is 0 Å². The van der Waals surface area contributed by atoms with Crippen LogP contribution in [0.5, 0.6) is 0 Å². The molecule has 1 aliphatic carbocycles. The first-order valence-corrected chi connectivity index (χ1v) is 5.14. The largest absolute Gasteiger partial charge is 0.0622 e. The molecule has 0 aliphatic heterocycles. The third-order valence-electron chi connectivity index (χ3n) is 3.11. The van der Waals surface area contributed by atoms with E-state index in [0.717, 1.165) is 18.3 Å². The maximum atomic E-state index is 3.92. The van der Waals surface area contributed by atoms with Crippen molar-refractivity contribution in [2.75, 3.05) is 0 Å². The minimum atomic E-state index is 0.938. The third kappa shape index (κ3) is 2.84. The van der Waals surface area contributed by atoms with E-state index in [2.05, 4.69) is 13.8 Å². The van der Waals surface area contributed by atoms with Crippen LogP contribution < -0.4 is 0 Å². The normalized spacial score (nSPS) is 23.5. The molecular formula is C11H21. The van der Waals surface area contributed by atoms with Crippen LogP contribution in [0.25, 0.3) is 0 Å². The van der Waals surface area contributed by atoms with Crippen molar-refractivity contribution in [2.45, 2.75) is 51.9 Å². The van der Waals surface area contributed by atoms with E-state index >= 15 is 0 Å². The van der Waals surface area contributed by atoms with Crippen molar-refractivity contribution < 1.29 is 0 Å². The van der Waals surface area contributed by atoms with Gasteiger partial charge in [0.15, 0.2) is 0 Å². The predicted octanol–water partition coefficient (Wildman–Crippen LogP) is 3.82. The molecule has 0 heteroatoms. The Morgan fingerprint density at radius 2 is 1.91 bits per heavy atom. The van der Waals surface area contributed by atoms with Crippen LogP contribution in [0.2, 0.25) is 0 Å². The molecular weight excluding hydrogens is 132 g/mol. The highest BCUT2D eigenvalue weighted by atomic mass is 14.2. The molecule has 0 amide bonds. The van der Waals surface area contributed by atoms with Gasteiger partial charge in [0.05, 0.1) is 0 Å². The van der Waals surface area contributed by atoms with Gasteiger partial charge in [-0.3, -0.25) is 0 Å². The highest BCUT2D eigenvalue weighted by Gasteiger charge is 2.18. The van der Waals surface area contributed by atoms with Gasteiger partial charge in [0.1, 0.15) is 0 Å². The Kier molecular flexibility index (Phi) is 3.96. The lowest BCUT2D eigenvalue weighted by atomic mass is 9.79. The maximum absolute atomic E-state index is 3.92. The molecule has 1 radical (unpaired) electrons. The monoisotopic (exact) mass is 153 g/mol. The molecule has 1 atom stereocenters. The SMILES string of the molecule is [CH2]CCC(C)C1CCCCC1. The van der Waals surface area contributed by atoms with Crippen LogP contribution in [0.4, 0.5) is 0 Å². The number of hydrogen-bond acceptors (Lipinski definition) is 0. The summed E-state index contributed by atoms with van der Waals surface area (Å²) in [6.45, 7) is 6.32. The summed E-state index contributed by atoms with van der Waals surface area (Å²) in [7, 11) is 0. The van der Waals surface area contributed by atoms with Gasteiger partial charge in [0.25, 0.3) is 0 Å². The minimum absolute atomic E-state index is 0.938. The summed E-state index contributed by atoms with van der Waals surface area (Å²) < 4.78 is 0. The summed E-state index contributed by atoms with van der Waals surface area (Å²) in [5, 5.41) is 0. The summed E-state index contributed by atoms with van der Waals surface area (Å²) in [5.41, 5.74) is 0. The fourth-order valence-corrected chi connectivity index (χ4v) is 2.26. The predicted molar refractivity (Wildman–Crippen MR) is 50.3 cm³/mol. The standard InChI is InChI=1S/C11H21/c1-3-7-10(2)11-8-5-4-6-9-11/h10-11H,1,3-9H2,2H3. The molecule has 0 saturated heterocycles. The molecule has 0 heterocycles. The highest BCUT2D eigenvalue weighted by molar-refractivity contribution is 4.71. The Morgan fingerprint density at radius 1 is 1.27 bits per heavy atom. The lowest BCUT2D eigenvalue weighted by Gasteiger charge is -2.27. The zero-order valence-corrected chi connectivity index (χ0v) is 7.81. The molecule has 1 rings (SSSR count). The van der Waals surface area contributed by atoms with Gasteiger partial charge in [0.2, 0.25) is 0 Å². The third-order valence-corrected chi connectivity index (χ3v) is 3.11. The summed E-state index contributed by atoms with van der Waals surface area (Å²) in [6, 6.07) is 0. The van der Waals surface area contributed by atoms with Crippen molar-refractivity contribution >= 4 is 0 Å². The van der Waals surface area contributed by atoms with Crippen molar-refractivity contribution in [1.82, 2.24) is 0 Å². The molecule has 0 aromatic rings. The topological polar surface area (TPSA) is 0 Å². The second-order valence-electron chi connectivity index (χ2n) is 4.02. The Bertz CT molecular complexity index is 90.2. The van der Waals surface area contributed by atoms with Crippen LogP contribution in [0.3, 0.4) is 0 Å². The van der Waals surface area contributed by atoms with Gasteiger partial charge in [-0.05, 0) is 11.8 Å². The van der Waals surface area contributed by atoms with Crippen molar-refractivity contribution in [3.05, 3.63) is 6.92 Å². The van der Waals surface area contributed by atoms with Gasteiger partial charge >= 0.3 is 0 Å². The van der Waals surface area contributed by atoms with Gasteiger partial charge in [0, 0.05) is 0 Å². The lowest BCUT2D eigenvalue weighted by molar-refractivity contribution is 0.253. The van der Waals surface area contributed by atoms with Gasteiger partial charge in [-0.1, -0.05) is 58.8 Å². The van der Waals surface area contributed by atoms with Gasteiger partial charge < -0.3 is 0 Å². The Morgan fingerprint density at radius 3 is 2.45 bits per heavy atom. The smallest absolute Gasteiger partial charge is 0.0388 e. The highest BCUT2D eigenvalue weighted by Crippen LogP contribution is 2.31. The zero-order chi connectivity index (χ0) is 8.10. The Hall–Kier alpha value is 0. The zero-order valence-electron chi connectivity index (χ0n) is 7.81. The molecule has 0 bridgehead atoms. The van der Waals surface area contributed by atoms with Crippen molar-refractivity contribution in [2.24, 2.45) is 11.8 Å². The van der Waals surface area contributed by atoms with E-state index in [-0.39, 0.29) is 0 Å². The first kappa shape index (κ1) is 9.09. The molecule has 1 saturated carbocycles. The van der Waals surface area contributed by atoms with E-state index in [9.17, 15) is 0 Å². The molecule has 0 nitrogen and oxygen atoms in total. The molecule has 65 valence electrons. The van der Waals surface area contributed by atoms with Gasteiger partial charge in [-0.2, -0.15) is 0 Å². The summed E-state index contributed by atoms with van der Waals surface area (Å²) in [4.78, 5) is 0. The van der Waals surface area contributed by atoms with E-state index in [1.807, 2.05) is 0 Å². The summed E-state index contributed by atoms with van der Waals surface area (Å²) >= 11 is 0. The molecule has 0 aromatic heterocycles. The van der Waals surface area contributed by atoms with Crippen LogP contribution in [-0.2, 0) is 0 Å². The number of rotatable bonds is 3. The van der Waals surface area contributed by atoms with E-state index in [4.69, 9.17) is 0 Å². The fraction of sp³-hybridized carbons (Fsp3) is 0.909. The van der Waals surface area contributed by atoms with Crippen LogP contribution in [0, 0.1) is 18.8 Å². The lowest BCUT2D eigenvalue weighted by Crippen LogP contribution is -2.14. The first-order chi connectivity index (χ1) is 5.34. The molecule has 1 unspecified atom stereocenters. The first-order valence-electron chi connectivity index (χ1n) is 5.14. The minimum Gasteiger partial charge on any atom is -0.0622 e.